The van der Waals surface area contributed by atoms with Crippen LogP contribution in [0, 0.1) is 17.8 Å². The average Bonchev–Trinajstić information content (AvgIpc) is 2.90. The molecule has 0 aromatic rings. The first-order chi connectivity index (χ1) is 9.82. The first-order valence-corrected chi connectivity index (χ1v) is 7.74. The standard InChI is InChI=1S/C15H29N3O3/c1-9(2)13(16)15(20)18-8-12(19)17-7-11-5-6-21-14(11)10(3)4/h9-11,13-14H,5-8,16H2,1-4H3,(H,17,19)(H,18,20)/t11?,13-,14?/m0/s1. The first kappa shape index (κ1) is 17.9. The Morgan fingerprint density at radius 3 is 2.48 bits per heavy atom. The lowest BCUT2D eigenvalue weighted by Gasteiger charge is -2.22. The number of hydrogen-bond acceptors (Lipinski definition) is 4. The zero-order chi connectivity index (χ0) is 16.0. The van der Waals surface area contributed by atoms with Gasteiger partial charge in [0.25, 0.3) is 0 Å². The summed E-state index contributed by atoms with van der Waals surface area (Å²) in [6, 6.07) is -0.577. The van der Waals surface area contributed by atoms with E-state index in [2.05, 4.69) is 24.5 Å². The van der Waals surface area contributed by atoms with Crippen molar-refractivity contribution in [2.45, 2.75) is 46.3 Å². The summed E-state index contributed by atoms with van der Waals surface area (Å²) in [5.41, 5.74) is 5.71. The van der Waals surface area contributed by atoms with Gasteiger partial charge in [-0.25, -0.2) is 0 Å². The summed E-state index contributed by atoms with van der Waals surface area (Å²) in [5.74, 6) is 0.370. The van der Waals surface area contributed by atoms with E-state index in [1.54, 1.807) is 0 Å². The number of hydrogen-bond donors (Lipinski definition) is 3. The third kappa shape index (κ3) is 5.63. The minimum absolute atomic E-state index is 0.0286. The third-order valence-electron chi connectivity index (χ3n) is 3.93. The van der Waals surface area contributed by atoms with Gasteiger partial charge in [-0.05, 0) is 18.3 Å². The van der Waals surface area contributed by atoms with Crippen molar-refractivity contribution >= 4 is 11.8 Å². The highest BCUT2D eigenvalue weighted by atomic mass is 16.5. The SMILES string of the molecule is CC(C)C1OCCC1CNC(=O)CNC(=O)[C@@H](N)C(C)C. The van der Waals surface area contributed by atoms with E-state index in [9.17, 15) is 9.59 Å². The smallest absolute Gasteiger partial charge is 0.239 e. The van der Waals surface area contributed by atoms with Crippen LogP contribution in [-0.4, -0.2) is 43.7 Å². The number of nitrogens with two attached hydrogens (primary N) is 1. The largest absolute Gasteiger partial charge is 0.378 e. The highest BCUT2D eigenvalue weighted by Gasteiger charge is 2.30. The highest BCUT2D eigenvalue weighted by Crippen LogP contribution is 2.25. The van der Waals surface area contributed by atoms with Crippen LogP contribution in [-0.2, 0) is 14.3 Å². The molecule has 2 unspecified atom stereocenters. The van der Waals surface area contributed by atoms with Crippen LogP contribution in [0.2, 0.25) is 0 Å². The van der Waals surface area contributed by atoms with Crippen molar-refractivity contribution in [1.29, 1.82) is 0 Å². The minimum Gasteiger partial charge on any atom is -0.378 e. The monoisotopic (exact) mass is 299 g/mol. The van der Waals surface area contributed by atoms with Crippen LogP contribution in [0.1, 0.15) is 34.1 Å². The molecule has 2 amide bonds. The fourth-order valence-electron chi connectivity index (χ4n) is 2.51. The number of nitrogens with one attached hydrogen (secondary N) is 2. The van der Waals surface area contributed by atoms with Gasteiger partial charge in [0.1, 0.15) is 0 Å². The molecule has 122 valence electrons. The molecule has 3 atom stereocenters. The molecule has 1 aliphatic rings. The van der Waals surface area contributed by atoms with E-state index in [1.165, 1.54) is 0 Å². The Morgan fingerprint density at radius 1 is 1.24 bits per heavy atom. The lowest BCUT2D eigenvalue weighted by molar-refractivity contribution is -0.127. The number of amides is 2. The highest BCUT2D eigenvalue weighted by molar-refractivity contribution is 5.87. The zero-order valence-corrected chi connectivity index (χ0v) is 13.5. The van der Waals surface area contributed by atoms with E-state index in [-0.39, 0.29) is 30.4 Å². The molecule has 1 fully saturated rings. The third-order valence-corrected chi connectivity index (χ3v) is 3.93. The van der Waals surface area contributed by atoms with Crippen LogP contribution in [0.5, 0.6) is 0 Å². The predicted molar refractivity (Wildman–Crippen MR) is 81.5 cm³/mol. The van der Waals surface area contributed by atoms with E-state index in [0.29, 0.717) is 18.4 Å². The van der Waals surface area contributed by atoms with Crippen LogP contribution >= 0.6 is 0 Å². The maximum absolute atomic E-state index is 11.8. The molecule has 21 heavy (non-hydrogen) atoms. The number of ether oxygens (including phenoxy) is 1. The molecular formula is C15H29N3O3. The Kier molecular flexibility index (Phi) is 7.11. The Morgan fingerprint density at radius 2 is 1.90 bits per heavy atom. The van der Waals surface area contributed by atoms with Gasteiger partial charge in [0.2, 0.25) is 11.8 Å². The van der Waals surface area contributed by atoms with Crippen LogP contribution in [0.3, 0.4) is 0 Å². The van der Waals surface area contributed by atoms with E-state index < -0.39 is 6.04 Å². The number of carbonyl (C=O) groups is 2. The number of carbonyl (C=O) groups excluding carboxylic acids is 2. The molecule has 1 saturated heterocycles. The van der Waals surface area contributed by atoms with Crippen LogP contribution in [0.15, 0.2) is 0 Å². The van der Waals surface area contributed by atoms with Gasteiger partial charge in [0.15, 0.2) is 0 Å². The zero-order valence-electron chi connectivity index (χ0n) is 13.5. The second-order valence-corrected chi connectivity index (χ2v) is 6.42. The van der Waals surface area contributed by atoms with Crippen LogP contribution in [0.25, 0.3) is 0 Å². The van der Waals surface area contributed by atoms with Crippen molar-refractivity contribution < 1.29 is 14.3 Å². The molecule has 0 aromatic heterocycles. The molecule has 6 nitrogen and oxygen atoms in total. The van der Waals surface area contributed by atoms with Gasteiger partial charge >= 0.3 is 0 Å². The van der Waals surface area contributed by atoms with Crippen molar-refractivity contribution in [3.8, 4) is 0 Å². The fraction of sp³-hybridized carbons (Fsp3) is 0.867. The Balaban J connectivity index is 2.27. The minimum atomic E-state index is -0.577. The fourth-order valence-corrected chi connectivity index (χ4v) is 2.51. The predicted octanol–water partition coefficient (Wildman–Crippen LogP) is 0.263. The van der Waals surface area contributed by atoms with Crippen molar-refractivity contribution in [3.05, 3.63) is 0 Å². The van der Waals surface area contributed by atoms with Crippen LogP contribution < -0.4 is 16.4 Å². The summed E-state index contributed by atoms with van der Waals surface area (Å²) in [4.78, 5) is 23.4. The molecule has 0 radical (unpaired) electrons. The molecule has 1 rings (SSSR count). The molecule has 1 aliphatic heterocycles. The normalized spacial score (nSPS) is 23.4. The summed E-state index contributed by atoms with van der Waals surface area (Å²) in [5, 5.41) is 5.42. The molecule has 0 aliphatic carbocycles. The molecular weight excluding hydrogens is 270 g/mol. The lowest BCUT2D eigenvalue weighted by atomic mass is 9.93. The Labute approximate surface area is 127 Å². The van der Waals surface area contributed by atoms with Gasteiger partial charge in [-0.1, -0.05) is 27.7 Å². The lowest BCUT2D eigenvalue weighted by Crippen LogP contribution is -2.47. The second-order valence-electron chi connectivity index (χ2n) is 6.42. The quantitative estimate of drug-likeness (QED) is 0.629. The molecule has 4 N–H and O–H groups in total. The molecule has 0 spiro atoms. The second kappa shape index (κ2) is 8.34. The molecule has 0 aromatic carbocycles. The Bertz CT molecular complexity index is 358. The first-order valence-electron chi connectivity index (χ1n) is 7.74. The maximum Gasteiger partial charge on any atom is 0.239 e. The molecule has 1 heterocycles. The summed E-state index contributed by atoms with van der Waals surface area (Å²) >= 11 is 0. The van der Waals surface area contributed by atoms with Gasteiger partial charge in [-0.2, -0.15) is 0 Å². The molecule has 0 saturated carbocycles. The summed E-state index contributed by atoms with van der Waals surface area (Å²) in [6.45, 7) is 9.31. The summed E-state index contributed by atoms with van der Waals surface area (Å²) in [6.07, 6.45) is 1.17. The topological polar surface area (TPSA) is 93.5 Å². The Hall–Kier alpha value is -1.14. The van der Waals surface area contributed by atoms with Gasteiger partial charge in [0, 0.05) is 19.1 Å². The van der Waals surface area contributed by atoms with Gasteiger partial charge in [-0.15, -0.1) is 0 Å². The summed E-state index contributed by atoms with van der Waals surface area (Å²) < 4.78 is 5.68. The summed E-state index contributed by atoms with van der Waals surface area (Å²) in [7, 11) is 0. The van der Waals surface area contributed by atoms with Crippen molar-refractivity contribution in [3.63, 3.8) is 0 Å². The van der Waals surface area contributed by atoms with E-state index in [1.807, 2.05) is 13.8 Å². The number of rotatable bonds is 7. The van der Waals surface area contributed by atoms with Crippen molar-refractivity contribution in [1.82, 2.24) is 10.6 Å². The van der Waals surface area contributed by atoms with Crippen molar-refractivity contribution in [2.24, 2.45) is 23.5 Å². The molecule has 6 heteroatoms. The average molecular weight is 299 g/mol. The van der Waals surface area contributed by atoms with Crippen molar-refractivity contribution in [2.75, 3.05) is 19.7 Å². The molecule has 0 bridgehead atoms. The maximum atomic E-state index is 11.8. The van der Waals surface area contributed by atoms with E-state index in [0.717, 1.165) is 13.0 Å². The van der Waals surface area contributed by atoms with Gasteiger partial charge in [0.05, 0.1) is 18.7 Å². The van der Waals surface area contributed by atoms with Gasteiger partial charge < -0.3 is 21.1 Å². The van der Waals surface area contributed by atoms with E-state index >= 15 is 0 Å². The van der Waals surface area contributed by atoms with Gasteiger partial charge in [-0.3, -0.25) is 9.59 Å². The van der Waals surface area contributed by atoms with Crippen LogP contribution in [0.4, 0.5) is 0 Å². The van der Waals surface area contributed by atoms with E-state index in [4.69, 9.17) is 10.5 Å².